The highest BCUT2D eigenvalue weighted by molar-refractivity contribution is 5.78. The molecule has 2 aliphatic heterocycles. The summed E-state index contributed by atoms with van der Waals surface area (Å²) in [6, 6.07) is 17.1. The lowest BCUT2D eigenvalue weighted by molar-refractivity contribution is -0.133. The third-order valence-electron chi connectivity index (χ3n) is 5.96. The van der Waals surface area contributed by atoms with Crippen molar-refractivity contribution in [1.29, 1.82) is 0 Å². The summed E-state index contributed by atoms with van der Waals surface area (Å²) in [7, 11) is 0. The first-order valence-electron chi connectivity index (χ1n) is 10.0. The number of rotatable bonds is 4. The molecule has 0 spiro atoms. The predicted octanol–water partition coefficient (Wildman–Crippen LogP) is 2.70. The lowest BCUT2D eigenvalue weighted by atomic mass is 10.00. The minimum absolute atomic E-state index is 0.275. The first-order chi connectivity index (χ1) is 13.2. The standard InChI is InChI=1S/C23H29N3O/c1-19-6-2-3-8-21(19)16-24-12-14-25(15-13-24)18-23(27)26-11-10-20-7-4-5-9-22(20)17-26/h2-9H,10-18H2,1H3. The van der Waals surface area contributed by atoms with Gasteiger partial charge in [-0.1, -0.05) is 48.5 Å². The van der Waals surface area contributed by atoms with Gasteiger partial charge in [0, 0.05) is 45.8 Å². The second-order valence-electron chi connectivity index (χ2n) is 7.81. The van der Waals surface area contributed by atoms with Gasteiger partial charge in [-0.3, -0.25) is 14.6 Å². The minimum atomic E-state index is 0.275. The average molecular weight is 364 g/mol. The molecule has 2 aromatic carbocycles. The zero-order valence-electron chi connectivity index (χ0n) is 16.2. The molecule has 0 N–H and O–H groups in total. The van der Waals surface area contributed by atoms with Gasteiger partial charge >= 0.3 is 0 Å². The Morgan fingerprint density at radius 1 is 0.852 bits per heavy atom. The van der Waals surface area contributed by atoms with Crippen LogP contribution in [0.3, 0.4) is 0 Å². The second kappa shape index (κ2) is 8.24. The van der Waals surface area contributed by atoms with E-state index >= 15 is 0 Å². The monoisotopic (exact) mass is 363 g/mol. The molecule has 0 radical (unpaired) electrons. The van der Waals surface area contributed by atoms with Gasteiger partial charge in [-0.05, 0) is 35.6 Å². The van der Waals surface area contributed by atoms with Crippen LogP contribution in [0.1, 0.15) is 22.3 Å². The number of hydrogen-bond acceptors (Lipinski definition) is 3. The van der Waals surface area contributed by atoms with E-state index < -0.39 is 0 Å². The van der Waals surface area contributed by atoms with Crippen molar-refractivity contribution in [3.63, 3.8) is 0 Å². The summed E-state index contributed by atoms with van der Waals surface area (Å²) in [5, 5.41) is 0. The maximum absolute atomic E-state index is 12.8. The molecule has 1 amide bonds. The molecule has 0 aliphatic carbocycles. The van der Waals surface area contributed by atoms with Crippen molar-refractivity contribution in [2.24, 2.45) is 0 Å². The van der Waals surface area contributed by atoms with Gasteiger partial charge in [-0.2, -0.15) is 0 Å². The molecule has 2 heterocycles. The van der Waals surface area contributed by atoms with Gasteiger partial charge in [0.25, 0.3) is 0 Å². The highest BCUT2D eigenvalue weighted by atomic mass is 16.2. The Kier molecular flexibility index (Phi) is 5.55. The van der Waals surface area contributed by atoms with Gasteiger partial charge in [-0.25, -0.2) is 0 Å². The normalized spacial score (nSPS) is 18.3. The van der Waals surface area contributed by atoms with Crippen LogP contribution >= 0.6 is 0 Å². The van der Waals surface area contributed by atoms with Gasteiger partial charge in [0.1, 0.15) is 0 Å². The van der Waals surface area contributed by atoms with Crippen LogP contribution in [0.5, 0.6) is 0 Å². The summed E-state index contributed by atoms with van der Waals surface area (Å²) >= 11 is 0. The number of nitrogens with zero attached hydrogens (tertiary/aromatic N) is 3. The van der Waals surface area contributed by atoms with Crippen LogP contribution in [0, 0.1) is 6.92 Å². The van der Waals surface area contributed by atoms with E-state index in [0.29, 0.717) is 6.54 Å². The van der Waals surface area contributed by atoms with Crippen LogP contribution in [0.15, 0.2) is 48.5 Å². The molecule has 4 rings (SSSR count). The van der Waals surface area contributed by atoms with Crippen molar-refractivity contribution >= 4 is 5.91 Å². The van der Waals surface area contributed by atoms with E-state index in [0.717, 1.165) is 52.2 Å². The SMILES string of the molecule is Cc1ccccc1CN1CCN(CC(=O)N2CCc3ccccc3C2)CC1. The van der Waals surface area contributed by atoms with Crippen LogP contribution in [0.4, 0.5) is 0 Å². The van der Waals surface area contributed by atoms with Crippen LogP contribution in [0.25, 0.3) is 0 Å². The number of aryl methyl sites for hydroxylation is 1. The molecule has 0 bridgehead atoms. The summed E-state index contributed by atoms with van der Waals surface area (Å²) in [6.07, 6.45) is 0.978. The first-order valence-corrected chi connectivity index (χ1v) is 10.0. The lowest BCUT2D eigenvalue weighted by Gasteiger charge is -2.36. The average Bonchev–Trinajstić information content (AvgIpc) is 2.71. The predicted molar refractivity (Wildman–Crippen MR) is 108 cm³/mol. The fourth-order valence-electron chi connectivity index (χ4n) is 4.13. The van der Waals surface area contributed by atoms with Crippen molar-refractivity contribution in [2.75, 3.05) is 39.3 Å². The molecule has 0 atom stereocenters. The largest absolute Gasteiger partial charge is 0.337 e. The van der Waals surface area contributed by atoms with Crippen LogP contribution < -0.4 is 0 Å². The van der Waals surface area contributed by atoms with Gasteiger partial charge in [0.15, 0.2) is 0 Å². The van der Waals surface area contributed by atoms with Crippen molar-refractivity contribution in [3.8, 4) is 0 Å². The van der Waals surface area contributed by atoms with Crippen molar-refractivity contribution in [1.82, 2.24) is 14.7 Å². The Morgan fingerprint density at radius 3 is 2.30 bits per heavy atom. The molecular weight excluding hydrogens is 334 g/mol. The first kappa shape index (κ1) is 18.2. The number of amides is 1. The lowest BCUT2D eigenvalue weighted by Crippen LogP contribution is -2.50. The highest BCUT2D eigenvalue weighted by Crippen LogP contribution is 2.19. The molecule has 2 aromatic rings. The van der Waals surface area contributed by atoms with E-state index in [1.54, 1.807) is 0 Å². The molecular formula is C23H29N3O. The van der Waals surface area contributed by atoms with Gasteiger partial charge in [0.2, 0.25) is 5.91 Å². The molecule has 27 heavy (non-hydrogen) atoms. The molecule has 0 saturated carbocycles. The summed E-state index contributed by atoms with van der Waals surface area (Å²) < 4.78 is 0. The van der Waals surface area contributed by atoms with E-state index in [1.165, 1.54) is 22.3 Å². The fraction of sp³-hybridized carbons (Fsp3) is 0.435. The van der Waals surface area contributed by atoms with E-state index in [9.17, 15) is 4.79 Å². The molecule has 142 valence electrons. The van der Waals surface area contributed by atoms with Crippen molar-refractivity contribution in [2.45, 2.75) is 26.4 Å². The van der Waals surface area contributed by atoms with Gasteiger partial charge in [0.05, 0.1) is 6.54 Å². The Morgan fingerprint density at radius 2 is 1.52 bits per heavy atom. The fourth-order valence-corrected chi connectivity index (χ4v) is 4.13. The molecule has 1 fully saturated rings. The van der Waals surface area contributed by atoms with Gasteiger partial charge in [-0.15, -0.1) is 0 Å². The van der Waals surface area contributed by atoms with Crippen molar-refractivity contribution in [3.05, 3.63) is 70.8 Å². The second-order valence-corrected chi connectivity index (χ2v) is 7.81. The molecule has 4 heteroatoms. The Balaban J connectivity index is 1.26. The van der Waals surface area contributed by atoms with Crippen molar-refractivity contribution < 1.29 is 4.79 Å². The Bertz CT molecular complexity index is 796. The third kappa shape index (κ3) is 4.40. The zero-order chi connectivity index (χ0) is 18.6. The minimum Gasteiger partial charge on any atom is -0.337 e. The molecule has 2 aliphatic rings. The molecule has 1 saturated heterocycles. The van der Waals surface area contributed by atoms with Crippen LogP contribution in [0.2, 0.25) is 0 Å². The number of carbonyl (C=O) groups is 1. The Labute approximate surface area is 162 Å². The highest BCUT2D eigenvalue weighted by Gasteiger charge is 2.24. The number of benzene rings is 2. The topological polar surface area (TPSA) is 26.8 Å². The number of hydrogen-bond donors (Lipinski definition) is 0. The third-order valence-corrected chi connectivity index (χ3v) is 5.96. The summed E-state index contributed by atoms with van der Waals surface area (Å²) in [6.45, 7) is 9.38. The number of fused-ring (bicyclic) bond motifs is 1. The van der Waals surface area contributed by atoms with Gasteiger partial charge < -0.3 is 4.90 Å². The van der Waals surface area contributed by atoms with E-state index in [1.807, 2.05) is 4.90 Å². The molecule has 4 nitrogen and oxygen atoms in total. The number of piperazine rings is 1. The number of carbonyl (C=O) groups excluding carboxylic acids is 1. The quantitative estimate of drug-likeness (QED) is 0.836. The van der Waals surface area contributed by atoms with E-state index in [-0.39, 0.29) is 5.91 Å². The summed E-state index contributed by atoms with van der Waals surface area (Å²) in [5.41, 5.74) is 5.47. The molecule has 0 unspecified atom stereocenters. The van der Waals surface area contributed by atoms with E-state index in [4.69, 9.17) is 0 Å². The maximum atomic E-state index is 12.8. The maximum Gasteiger partial charge on any atom is 0.237 e. The summed E-state index contributed by atoms with van der Waals surface area (Å²) in [4.78, 5) is 19.6. The smallest absolute Gasteiger partial charge is 0.237 e. The van der Waals surface area contributed by atoms with Crippen LogP contribution in [-0.2, 0) is 24.3 Å². The summed E-state index contributed by atoms with van der Waals surface area (Å²) in [5.74, 6) is 0.275. The van der Waals surface area contributed by atoms with Crippen LogP contribution in [-0.4, -0.2) is 59.9 Å². The Hall–Kier alpha value is -2.17. The molecule has 0 aromatic heterocycles. The van der Waals surface area contributed by atoms with E-state index in [2.05, 4.69) is 65.3 Å². The zero-order valence-corrected chi connectivity index (χ0v) is 16.2.